The predicted octanol–water partition coefficient (Wildman–Crippen LogP) is 1.71. The van der Waals surface area contributed by atoms with Gasteiger partial charge in [-0.1, -0.05) is 20.4 Å². The Kier molecular flexibility index (Phi) is 5.22. The molecule has 0 aromatic carbocycles. The van der Waals surface area contributed by atoms with Crippen molar-refractivity contribution in [2.24, 2.45) is 0 Å². The summed E-state index contributed by atoms with van der Waals surface area (Å²) in [4.78, 5) is 5.30. The van der Waals surface area contributed by atoms with E-state index in [1.54, 1.807) is 0 Å². The molecule has 0 bridgehead atoms. The molecular weight excluding hydrogens is 222 g/mol. The second kappa shape index (κ2) is 6.69. The smallest absolute Gasteiger partial charge is 0.0223 e. The molecular formula is C15H29N3. The number of nitrogens with one attached hydrogen (secondary N) is 1. The van der Waals surface area contributed by atoms with Crippen LogP contribution in [-0.2, 0) is 0 Å². The summed E-state index contributed by atoms with van der Waals surface area (Å²) >= 11 is 0. The van der Waals surface area contributed by atoms with Crippen molar-refractivity contribution < 1.29 is 0 Å². The van der Waals surface area contributed by atoms with Gasteiger partial charge in [0.2, 0.25) is 0 Å². The van der Waals surface area contributed by atoms with Gasteiger partial charge in [0.1, 0.15) is 0 Å². The number of hydrogen-bond acceptors (Lipinski definition) is 3. The van der Waals surface area contributed by atoms with E-state index >= 15 is 0 Å². The predicted molar refractivity (Wildman–Crippen MR) is 77.9 cm³/mol. The summed E-state index contributed by atoms with van der Waals surface area (Å²) < 4.78 is 0. The minimum Gasteiger partial charge on any atom is -0.311 e. The molecule has 0 aromatic heterocycles. The van der Waals surface area contributed by atoms with Crippen LogP contribution in [0.5, 0.6) is 0 Å². The van der Waals surface area contributed by atoms with Gasteiger partial charge in [-0.25, -0.2) is 0 Å². The van der Waals surface area contributed by atoms with Crippen LogP contribution in [0.15, 0.2) is 12.2 Å². The average Bonchev–Trinajstić information content (AvgIpc) is 2.66. The number of rotatable bonds is 5. The lowest BCUT2D eigenvalue weighted by molar-refractivity contribution is 0.228. The fourth-order valence-corrected chi connectivity index (χ4v) is 3.15. The van der Waals surface area contributed by atoms with Crippen molar-refractivity contribution in [1.29, 1.82) is 0 Å². The zero-order chi connectivity index (χ0) is 13.0. The van der Waals surface area contributed by atoms with Crippen LogP contribution in [0.1, 0.15) is 33.1 Å². The molecule has 1 unspecified atom stereocenters. The molecule has 0 aliphatic carbocycles. The maximum Gasteiger partial charge on any atom is 0.0223 e. The molecule has 2 aliphatic rings. The van der Waals surface area contributed by atoms with Gasteiger partial charge in [0.15, 0.2) is 0 Å². The highest BCUT2D eigenvalue weighted by atomic mass is 15.3. The van der Waals surface area contributed by atoms with Crippen LogP contribution in [0, 0.1) is 0 Å². The molecule has 2 saturated heterocycles. The lowest BCUT2D eigenvalue weighted by Crippen LogP contribution is -2.38. The minimum absolute atomic E-state index is 0.552. The van der Waals surface area contributed by atoms with Gasteiger partial charge in [0.25, 0.3) is 0 Å². The molecule has 0 spiro atoms. The highest BCUT2D eigenvalue weighted by Crippen LogP contribution is 2.21. The Morgan fingerprint density at radius 2 is 2.06 bits per heavy atom. The number of nitrogens with zero attached hydrogens (tertiary/aromatic N) is 2. The fraction of sp³-hybridized carbons (Fsp3) is 0.867. The summed E-state index contributed by atoms with van der Waals surface area (Å²) in [5.41, 5.74) is 1.33. The first kappa shape index (κ1) is 14.0. The third-order valence-electron chi connectivity index (χ3n) is 4.10. The van der Waals surface area contributed by atoms with Crippen LogP contribution in [0.2, 0.25) is 0 Å². The van der Waals surface area contributed by atoms with E-state index in [0.717, 1.165) is 19.1 Å². The molecule has 0 aromatic rings. The molecule has 2 rings (SSSR count). The molecule has 104 valence electrons. The summed E-state index contributed by atoms with van der Waals surface area (Å²) in [7, 11) is 0. The van der Waals surface area contributed by atoms with E-state index in [-0.39, 0.29) is 0 Å². The molecule has 0 amide bonds. The molecule has 0 radical (unpaired) electrons. The van der Waals surface area contributed by atoms with Crippen LogP contribution < -0.4 is 5.32 Å². The van der Waals surface area contributed by atoms with Crippen molar-refractivity contribution in [3.63, 3.8) is 0 Å². The van der Waals surface area contributed by atoms with E-state index in [4.69, 9.17) is 0 Å². The van der Waals surface area contributed by atoms with Gasteiger partial charge in [-0.3, -0.25) is 9.80 Å². The van der Waals surface area contributed by atoms with E-state index in [9.17, 15) is 0 Å². The van der Waals surface area contributed by atoms with Crippen molar-refractivity contribution in [1.82, 2.24) is 15.1 Å². The SMILES string of the molecule is C=C(CNC(C)C)CN1CCCN2CCCC2C1. The molecule has 1 atom stereocenters. The van der Waals surface area contributed by atoms with E-state index in [0.29, 0.717) is 6.04 Å². The molecule has 1 N–H and O–H groups in total. The highest BCUT2D eigenvalue weighted by molar-refractivity contribution is 5.01. The molecule has 2 fully saturated rings. The Morgan fingerprint density at radius 1 is 1.28 bits per heavy atom. The first-order chi connectivity index (χ1) is 8.65. The Bertz CT molecular complexity index is 275. The monoisotopic (exact) mass is 251 g/mol. The Morgan fingerprint density at radius 3 is 2.83 bits per heavy atom. The second-order valence-corrected chi connectivity index (χ2v) is 6.21. The van der Waals surface area contributed by atoms with Gasteiger partial charge in [-0.2, -0.15) is 0 Å². The van der Waals surface area contributed by atoms with Gasteiger partial charge in [0, 0.05) is 31.7 Å². The first-order valence-corrected chi connectivity index (χ1v) is 7.51. The molecule has 2 aliphatic heterocycles. The van der Waals surface area contributed by atoms with Crippen LogP contribution >= 0.6 is 0 Å². The average molecular weight is 251 g/mol. The molecule has 3 heteroatoms. The van der Waals surface area contributed by atoms with Crippen molar-refractivity contribution in [3.8, 4) is 0 Å². The zero-order valence-corrected chi connectivity index (χ0v) is 12.1. The van der Waals surface area contributed by atoms with E-state index in [2.05, 4.69) is 35.5 Å². The van der Waals surface area contributed by atoms with E-state index in [1.807, 2.05) is 0 Å². The standard InChI is InChI=1S/C15H29N3/c1-13(2)16-10-14(3)11-17-7-5-9-18-8-4-6-15(18)12-17/h13,15-16H,3-12H2,1-2H3. The summed E-state index contributed by atoms with van der Waals surface area (Å²) in [6.45, 7) is 15.8. The fourth-order valence-electron chi connectivity index (χ4n) is 3.15. The van der Waals surface area contributed by atoms with Gasteiger partial charge in [0.05, 0.1) is 0 Å². The number of hydrogen-bond donors (Lipinski definition) is 1. The van der Waals surface area contributed by atoms with Crippen molar-refractivity contribution >= 4 is 0 Å². The topological polar surface area (TPSA) is 18.5 Å². The Labute approximate surface area is 112 Å². The summed E-state index contributed by atoms with van der Waals surface area (Å²) in [5.74, 6) is 0. The Hall–Kier alpha value is -0.380. The lowest BCUT2D eigenvalue weighted by Gasteiger charge is -2.26. The maximum atomic E-state index is 4.22. The normalized spacial score (nSPS) is 26.3. The van der Waals surface area contributed by atoms with Crippen molar-refractivity contribution in [2.75, 3.05) is 39.3 Å². The van der Waals surface area contributed by atoms with Crippen LogP contribution in [-0.4, -0.2) is 61.2 Å². The summed E-state index contributed by atoms with van der Waals surface area (Å²) in [5, 5.41) is 3.46. The zero-order valence-electron chi connectivity index (χ0n) is 12.1. The molecule has 2 heterocycles. The summed E-state index contributed by atoms with van der Waals surface area (Å²) in [6.07, 6.45) is 4.11. The largest absolute Gasteiger partial charge is 0.311 e. The molecule has 0 saturated carbocycles. The summed E-state index contributed by atoms with van der Waals surface area (Å²) in [6, 6.07) is 1.37. The van der Waals surface area contributed by atoms with Gasteiger partial charge >= 0.3 is 0 Å². The first-order valence-electron chi connectivity index (χ1n) is 7.51. The lowest BCUT2D eigenvalue weighted by atomic mass is 10.2. The third kappa shape index (κ3) is 4.08. The van der Waals surface area contributed by atoms with E-state index < -0.39 is 0 Å². The van der Waals surface area contributed by atoms with Crippen molar-refractivity contribution in [2.45, 2.75) is 45.2 Å². The quantitative estimate of drug-likeness (QED) is 0.751. The van der Waals surface area contributed by atoms with Gasteiger partial charge < -0.3 is 5.32 Å². The van der Waals surface area contributed by atoms with Crippen LogP contribution in [0.25, 0.3) is 0 Å². The molecule has 3 nitrogen and oxygen atoms in total. The van der Waals surface area contributed by atoms with Gasteiger partial charge in [-0.15, -0.1) is 0 Å². The third-order valence-corrected chi connectivity index (χ3v) is 4.10. The van der Waals surface area contributed by atoms with Crippen LogP contribution in [0.3, 0.4) is 0 Å². The van der Waals surface area contributed by atoms with Gasteiger partial charge in [-0.05, 0) is 44.5 Å². The molecule has 18 heavy (non-hydrogen) atoms. The Balaban J connectivity index is 1.76. The van der Waals surface area contributed by atoms with E-state index in [1.165, 1.54) is 51.0 Å². The highest BCUT2D eigenvalue weighted by Gasteiger charge is 2.28. The van der Waals surface area contributed by atoms with Crippen LogP contribution in [0.4, 0.5) is 0 Å². The second-order valence-electron chi connectivity index (χ2n) is 6.21. The van der Waals surface area contributed by atoms with Crippen molar-refractivity contribution in [3.05, 3.63) is 12.2 Å². The number of fused-ring (bicyclic) bond motifs is 1. The maximum absolute atomic E-state index is 4.22. The minimum atomic E-state index is 0.552.